The first kappa shape index (κ1) is 22.0. The first-order valence-corrected chi connectivity index (χ1v) is 11.5. The van der Waals surface area contributed by atoms with E-state index in [4.69, 9.17) is 14.2 Å². The Bertz CT molecular complexity index is 465. The molecule has 6 nitrogen and oxygen atoms in total. The van der Waals surface area contributed by atoms with Crippen molar-refractivity contribution in [1.82, 2.24) is 10.2 Å². The summed E-state index contributed by atoms with van der Waals surface area (Å²) in [6, 6.07) is 0.613. The van der Waals surface area contributed by atoms with Crippen LogP contribution in [0.15, 0.2) is 0 Å². The van der Waals surface area contributed by atoms with Crippen LogP contribution in [0.1, 0.15) is 64.7 Å². The Labute approximate surface area is 170 Å². The van der Waals surface area contributed by atoms with Crippen molar-refractivity contribution in [2.75, 3.05) is 40.0 Å². The maximum absolute atomic E-state index is 12.0. The van der Waals surface area contributed by atoms with Crippen molar-refractivity contribution in [2.45, 2.75) is 89.1 Å². The highest BCUT2D eigenvalue weighted by Gasteiger charge is 2.34. The highest BCUT2D eigenvalue weighted by atomic mass is 16.5. The van der Waals surface area contributed by atoms with Gasteiger partial charge in [0.2, 0.25) is 5.91 Å². The number of ether oxygens (including phenoxy) is 3. The molecule has 0 bridgehead atoms. The van der Waals surface area contributed by atoms with Crippen molar-refractivity contribution < 1.29 is 19.0 Å². The molecule has 28 heavy (non-hydrogen) atoms. The van der Waals surface area contributed by atoms with Crippen LogP contribution in [-0.2, 0) is 19.0 Å². The predicted molar refractivity (Wildman–Crippen MR) is 109 cm³/mol. The number of rotatable bonds is 9. The average molecular weight is 397 g/mol. The minimum absolute atomic E-state index is 0.00625. The molecule has 2 aliphatic carbocycles. The summed E-state index contributed by atoms with van der Waals surface area (Å²) in [5, 5.41) is 2.72. The fourth-order valence-electron chi connectivity index (χ4n) is 5.24. The molecule has 1 heterocycles. The number of morpholine rings is 1. The number of carbonyl (C=O) groups excluding carboxylic acids is 1. The highest BCUT2D eigenvalue weighted by molar-refractivity contribution is 5.80. The molecule has 1 N–H and O–H groups in total. The Kier molecular flexibility index (Phi) is 9.03. The monoisotopic (exact) mass is 396 g/mol. The van der Waals surface area contributed by atoms with Crippen LogP contribution >= 0.6 is 0 Å². The van der Waals surface area contributed by atoms with E-state index in [-0.39, 0.29) is 12.0 Å². The fourth-order valence-corrected chi connectivity index (χ4v) is 5.24. The van der Waals surface area contributed by atoms with Crippen LogP contribution in [-0.4, -0.2) is 75.1 Å². The van der Waals surface area contributed by atoms with Gasteiger partial charge in [-0.15, -0.1) is 0 Å². The Morgan fingerprint density at radius 3 is 2.71 bits per heavy atom. The van der Waals surface area contributed by atoms with Crippen LogP contribution in [0.4, 0.5) is 0 Å². The van der Waals surface area contributed by atoms with Gasteiger partial charge < -0.3 is 19.5 Å². The number of carbonyl (C=O) groups is 1. The van der Waals surface area contributed by atoms with Crippen molar-refractivity contribution in [3.8, 4) is 0 Å². The van der Waals surface area contributed by atoms with Gasteiger partial charge in [0, 0.05) is 32.8 Å². The minimum atomic E-state index is -0.303. The molecule has 1 aliphatic heterocycles. The third-order valence-corrected chi connectivity index (χ3v) is 6.83. The number of nitrogens with one attached hydrogen (secondary N) is 1. The largest absolute Gasteiger partial charge is 0.377 e. The standard InChI is InChI=1S/C22H40N2O4/c1-3-26-21(22(25)23-2)16-17-8-10-18(11-9-17)27-14-12-24-13-15-28-20-7-5-4-6-19(20)24/h17-21H,3-16H2,1-2H3,(H,23,25). The second-order valence-corrected chi connectivity index (χ2v) is 8.60. The quantitative estimate of drug-likeness (QED) is 0.649. The molecule has 0 aromatic rings. The molecule has 3 fully saturated rings. The van der Waals surface area contributed by atoms with Crippen LogP contribution < -0.4 is 5.32 Å². The Morgan fingerprint density at radius 2 is 1.96 bits per heavy atom. The van der Waals surface area contributed by atoms with E-state index in [2.05, 4.69) is 10.2 Å². The van der Waals surface area contributed by atoms with E-state index in [1.807, 2.05) is 6.92 Å². The molecule has 2 saturated carbocycles. The zero-order valence-electron chi connectivity index (χ0n) is 17.9. The summed E-state index contributed by atoms with van der Waals surface area (Å²) in [4.78, 5) is 14.6. The third-order valence-electron chi connectivity index (χ3n) is 6.83. The Morgan fingerprint density at radius 1 is 1.18 bits per heavy atom. The van der Waals surface area contributed by atoms with Gasteiger partial charge in [0.05, 0.1) is 25.4 Å². The van der Waals surface area contributed by atoms with Crippen molar-refractivity contribution in [3.63, 3.8) is 0 Å². The van der Waals surface area contributed by atoms with Crippen LogP contribution in [0.25, 0.3) is 0 Å². The number of hydrogen-bond acceptors (Lipinski definition) is 5. The summed E-state index contributed by atoms with van der Waals surface area (Å²) in [5.74, 6) is 0.572. The van der Waals surface area contributed by atoms with Gasteiger partial charge in [0.15, 0.2) is 0 Å². The van der Waals surface area contributed by atoms with Gasteiger partial charge >= 0.3 is 0 Å². The Hall–Kier alpha value is -0.690. The molecule has 6 heteroatoms. The number of amides is 1. The SMILES string of the molecule is CCOC(CC1CCC(OCCN2CCOC3CCCCC32)CC1)C(=O)NC. The van der Waals surface area contributed by atoms with Crippen LogP contribution in [0.5, 0.6) is 0 Å². The normalized spacial score (nSPS) is 32.5. The predicted octanol–water partition coefficient (Wildman–Crippen LogP) is 2.75. The molecule has 3 atom stereocenters. The average Bonchev–Trinajstić information content (AvgIpc) is 2.74. The van der Waals surface area contributed by atoms with E-state index in [0.29, 0.717) is 30.8 Å². The molecule has 1 saturated heterocycles. The summed E-state index contributed by atoms with van der Waals surface area (Å²) in [7, 11) is 1.68. The second-order valence-electron chi connectivity index (χ2n) is 8.60. The molecule has 3 aliphatic rings. The molecular weight excluding hydrogens is 356 g/mol. The zero-order chi connectivity index (χ0) is 19.8. The van der Waals surface area contributed by atoms with Crippen LogP contribution in [0, 0.1) is 5.92 Å². The smallest absolute Gasteiger partial charge is 0.248 e. The summed E-state index contributed by atoms with van der Waals surface area (Å²) in [6.07, 6.45) is 11.0. The molecule has 3 unspecified atom stereocenters. The van der Waals surface area contributed by atoms with E-state index in [1.54, 1.807) is 7.05 Å². The van der Waals surface area contributed by atoms with Crippen molar-refractivity contribution in [1.29, 1.82) is 0 Å². The molecule has 0 aromatic heterocycles. The van der Waals surface area contributed by atoms with E-state index in [9.17, 15) is 4.79 Å². The first-order valence-electron chi connectivity index (χ1n) is 11.5. The summed E-state index contributed by atoms with van der Waals surface area (Å²) < 4.78 is 17.9. The topological polar surface area (TPSA) is 60.0 Å². The number of hydrogen-bond donors (Lipinski definition) is 1. The summed E-state index contributed by atoms with van der Waals surface area (Å²) >= 11 is 0. The molecular formula is C22H40N2O4. The van der Waals surface area contributed by atoms with Crippen molar-refractivity contribution in [3.05, 3.63) is 0 Å². The van der Waals surface area contributed by atoms with E-state index < -0.39 is 0 Å². The molecule has 0 spiro atoms. The lowest BCUT2D eigenvalue weighted by atomic mass is 9.83. The van der Waals surface area contributed by atoms with Crippen molar-refractivity contribution >= 4 is 5.91 Å². The van der Waals surface area contributed by atoms with Gasteiger partial charge in [-0.3, -0.25) is 9.69 Å². The maximum Gasteiger partial charge on any atom is 0.248 e. The summed E-state index contributed by atoms with van der Waals surface area (Å²) in [5.41, 5.74) is 0. The van der Waals surface area contributed by atoms with Gasteiger partial charge in [-0.05, 0) is 57.8 Å². The van der Waals surface area contributed by atoms with Crippen LogP contribution in [0.2, 0.25) is 0 Å². The second kappa shape index (κ2) is 11.5. The van der Waals surface area contributed by atoms with Gasteiger partial charge in [0.1, 0.15) is 6.10 Å². The van der Waals surface area contributed by atoms with Crippen LogP contribution in [0.3, 0.4) is 0 Å². The van der Waals surface area contributed by atoms with Gasteiger partial charge in [0.25, 0.3) is 0 Å². The van der Waals surface area contributed by atoms with E-state index >= 15 is 0 Å². The summed E-state index contributed by atoms with van der Waals surface area (Å²) in [6.45, 7) is 6.32. The molecule has 3 rings (SSSR count). The van der Waals surface area contributed by atoms with Gasteiger partial charge in [-0.25, -0.2) is 0 Å². The number of nitrogens with zero attached hydrogens (tertiary/aromatic N) is 1. The van der Waals surface area contributed by atoms with E-state index in [1.165, 1.54) is 25.7 Å². The lowest BCUT2D eigenvalue weighted by molar-refractivity contribution is -0.133. The minimum Gasteiger partial charge on any atom is -0.377 e. The lowest BCUT2D eigenvalue weighted by Crippen LogP contribution is -2.53. The van der Waals surface area contributed by atoms with E-state index in [0.717, 1.165) is 58.4 Å². The van der Waals surface area contributed by atoms with Gasteiger partial charge in [-0.2, -0.15) is 0 Å². The third kappa shape index (κ3) is 6.15. The maximum atomic E-state index is 12.0. The Balaban J connectivity index is 1.33. The fraction of sp³-hybridized carbons (Fsp3) is 0.955. The highest BCUT2D eigenvalue weighted by Crippen LogP contribution is 2.31. The van der Waals surface area contributed by atoms with Gasteiger partial charge in [-0.1, -0.05) is 12.8 Å². The lowest BCUT2D eigenvalue weighted by Gasteiger charge is -2.44. The first-order chi connectivity index (χ1) is 13.7. The molecule has 162 valence electrons. The zero-order valence-corrected chi connectivity index (χ0v) is 17.9. The van der Waals surface area contributed by atoms with Crippen molar-refractivity contribution in [2.24, 2.45) is 5.92 Å². The molecule has 0 radical (unpaired) electrons. The number of fused-ring (bicyclic) bond motifs is 1. The molecule has 1 amide bonds. The molecule has 0 aromatic carbocycles. The number of likely N-dealkylation sites (N-methyl/N-ethyl adjacent to an activating group) is 1.